The van der Waals surface area contributed by atoms with Crippen LogP contribution >= 0.6 is 0 Å². The van der Waals surface area contributed by atoms with Crippen molar-refractivity contribution in [3.8, 4) is 0 Å². The van der Waals surface area contributed by atoms with Gasteiger partial charge in [-0.3, -0.25) is 4.79 Å². The summed E-state index contributed by atoms with van der Waals surface area (Å²) in [5.41, 5.74) is 4.28. The molecule has 0 bridgehead atoms. The standard InChI is InChI=1S/C19H19N3O/c1-13-10-18-16(8-5-9-22(18)21-13)17-11-15(17)12-20-19(23)14-6-3-2-4-7-14/h2-10,15,17H,11-12H2,1H3,(H,20,23). The molecule has 1 fully saturated rings. The average molecular weight is 305 g/mol. The van der Waals surface area contributed by atoms with Crippen molar-refractivity contribution in [2.45, 2.75) is 19.3 Å². The third kappa shape index (κ3) is 2.72. The summed E-state index contributed by atoms with van der Waals surface area (Å²) in [7, 11) is 0. The van der Waals surface area contributed by atoms with Crippen molar-refractivity contribution in [2.75, 3.05) is 6.54 Å². The molecule has 0 saturated heterocycles. The van der Waals surface area contributed by atoms with E-state index in [-0.39, 0.29) is 5.91 Å². The second-order valence-corrected chi connectivity index (χ2v) is 6.26. The fourth-order valence-corrected chi connectivity index (χ4v) is 3.24. The van der Waals surface area contributed by atoms with Crippen molar-refractivity contribution in [1.82, 2.24) is 14.9 Å². The zero-order valence-electron chi connectivity index (χ0n) is 13.1. The van der Waals surface area contributed by atoms with Gasteiger partial charge in [-0.1, -0.05) is 24.3 Å². The molecule has 116 valence electrons. The van der Waals surface area contributed by atoms with Crippen LogP contribution in [0.3, 0.4) is 0 Å². The van der Waals surface area contributed by atoms with Crippen molar-refractivity contribution >= 4 is 11.4 Å². The van der Waals surface area contributed by atoms with E-state index in [1.807, 2.05) is 54.0 Å². The number of aryl methyl sites for hydroxylation is 1. The normalized spacial score (nSPS) is 19.7. The van der Waals surface area contributed by atoms with E-state index in [1.165, 1.54) is 11.1 Å². The van der Waals surface area contributed by atoms with Crippen LogP contribution < -0.4 is 5.32 Å². The molecule has 0 radical (unpaired) electrons. The zero-order valence-corrected chi connectivity index (χ0v) is 13.1. The third-order valence-electron chi connectivity index (χ3n) is 4.54. The predicted octanol–water partition coefficient (Wildman–Crippen LogP) is 3.18. The lowest BCUT2D eigenvalue weighted by atomic mass is 10.1. The molecule has 23 heavy (non-hydrogen) atoms. The van der Waals surface area contributed by atoms with Gasteiger partial charge in [0, 0.05) is 18.3 Å². The summed E-state index contributed by atoms with van der Waals surface area (Å²) in [5, 5.41) is 7.52. The first-order valence-corrected chi connectivity index (χ1v) is 8.00. The summed E-state index contributed by atoms with van der Waals surface area (Å²) in [5.74, 6) is 1.05. The number of pyridine rings is 1. The SMILES string of the molecule is Cc1cc2c(C3CC3CNC(=O)c3ccccc3)cccn2n1. The van der Waals surface area contributed by atoms with Gasteiger partial charge in [0.2, 0.25) is 0 Å². The molecule has 1 aliphatic rings. The smallest absolute Gasteiger partial charge is 0.251 e. The van der Waals surface area contributed by atoms with Crippen LogP contribution in [-0.4, -0.2) is 22.1 Å². The first-order chi connectivity index (χ1) is 11.2. The highest BCUT2D eigenvalue weighted by Crippen LogP contribution is 2.48. The summed E-state index contributed by atoms with van der Waals surface area (Å²) in [6, 6.07) is 15.7. The Morgan fingerprint density at radius 1 is 1.26 bits per heavy atom. The van der Waals surface area contributed by atoms with E-state index in [2.05, 4.69) is 22.5 Å². The molecule has 2 heterocycles. The largest absolute Gasteiger partial charge is 0.352 e. The lowest BCUT2D eigenvalue weighted by Gasteiger charge is -2.06. The zero-order chi connectivity index (χ0) is 15.8. The molecule has 1 N–H and O–H groups in total. The van der Waals surface area contributed by atoms with Crippen LogP contribution in [0.1, 0.15) is 34.0 Å². The van der Waals surface area contributed by atoms with Gasteiger partial charge in [0.25, 0.3) is 5.91 Å². The number of nitrogens with one attached hydrogen (secondary N) is 1. The maximum absolute atomic E-state index is 12.1. The first kappa shape index (κ1) is 14.0. The number of amides is 1. The topological polar surface area (TPSA) is 46.4 Å². The highest BCUT2D eigenvalue weighted by atomic mass is 16.1. The minimum absolute atomic E-state index is 0.00894. The first-order valence-electron chi connectivity index (χ1n) is 8.00. The minimum Gasteiger partial charge on any atom is -0.352 e. The van der Waals surface area contributed by atoms with Gasteiger partial charge in [0.05, 0.1) is 11.2 Å². The summed E-state index contributed by atoms with van der Waals surface area (Å²) in [4.78, 5) is 12.1. The van der Waals surface area contributed by atoms with Crippen LogP contribution in [-0.2, 0) is 0 Å². The Labute approximate surface area is 135 Å². The molecule has 1 aromatic carbocycles. The summed E-state index contributed by atoms with van der Waals surface area (Å²) >= 11 is 0. The molecule has 3 aromatic rings. The van der Waals surface area contributed by atoms with E-state index in [0.717, 1.165) is 24.2 Å². The summed E-state index contributed by atoms with van der Waals surface area (Å²) < 4.78 is 1.95. The van der Waals surface area contributed by atoms with Crippen LogP contribution in [0, 0.1) is 12.8 Å². The molecule has 4 heteroatoms. The van der Waals surface area contributed by atoms with Crippen molar-refractivity contribution in [3.05, 3.63) is 71.5 Å². The Morgan fingerprint density at radius 2 is 2.09 bits per heavy atom. The van der Waals surface area contributed by atoms with Gasteiger partial charge in [-0.2, -0.15) is 5.10 Å². The third-order valence-corrected chi connectivity index (χ3v) is 4.54. The molecule has 2 atom stereocenters. The number of aromatic nitrogens is 2. The number of nitrogens with zero attached hydrogens (tertiary/aromatic N) is 2. The van der Waals surface area contributed by atoms with Gasteiger partial charge in [0.1, 0.15) is 0 Å². The summed E-state index contributed by atoms with van der Waals surface area (Å²) in [6.07, 6.45) is 3.11. The quantitative estimate of drug-likeness (QED) is 0.804. The van der Waals surface area contributed by atoms with E-state index in [4.69, 9.17) is 0 Å². The van der Waals surface area contributed by atoms with E-state index >= 15 is 0 Å². The number of benzene rings is 1. The van der Waals surface area contributed by atoms with Crippen molar-refractivity contribution in [1.29, 1.82) is 0 Å². The highest BCUT2D eigenvalue weighted by Gasteiger charge is 2.39. The molecule has 4 nitrogen and oxygen atoms in total. The van der Waals surface area contributed by atoms with Gasteiger partial charge in [-0.25, -0.2) is 4.52 Å². The van der Waals surface area contributed by atoms with E-state index in [9.17, 15) is 4.79 Å². The van der Waals surface area contributed by atoms with Crippen LogP contribution in [0.2, 0.25) is 0 Å². The molecule has 2 unspecified atom stereocenters. The maximum atomic E-state index is 12.1. The van der Waals surface area contributed by atoms with Gasteiger partial charge in [0.15, 0.2) is 0 Å². The number of carbonyl (C=O) groups is 1. The van der Waals surface area contributed by atoms with Gasteiger partial charge >= 0.3 is 0 Å². The molecule has 0 spiro atoms. The van der Waals surface area contributed by atoms with Gasteiger partial charge in [-0.15, -0.1) is 0 Å². The number of carbonyl (C=O) groups excluding carboxylic acids is 1. The van der Waals surface area contributed by atoms with Gasteiger partial charge in [-0.05, 0) is 55.0 Å². The van der Waals surface area contributed by atoms with Crippen LogP contribution in [0.5, 0.6) is 0 Å². The van der Waals surface area contributed by atoms with Crippen LogP contribution in [0.4, 0.5) is 0 Å². The lowest BCUT2D eigenvalue weighted by Crippen LogP contribution is -2.25. The second-order valence-electron chi connectivity index (χ2n) is 6.26. The Balaban J connectivity index is 1.43. The lowest BCUT2D eigenvalue weighted by molar-refractivity contribution is 0.0951. The predicted molar refractivity (Wildman–Crippen MR) is 89.6 cm³/mol. The fourth-order valence-electron chi connectivity index (χ4n) is 3.24. The Bertz CT molecular complexity index is 853. The average Bonchev–Trinajstić information content (AvgIpc) is 3.24. The Hall–Kier alpha value is -2.62. The number of fused-ring (bicyclic) bond motifs is 1. The molecule has 1 aliphatic carbocycles. The van der Waals surface area contributed by atoms with Gasteiger partial charge < -0.3 is 5.32 Å². The summed E-state index contributed by atoms with van der Waals surface area (Å²) in [6.45, 7) is 2.74. The second kappa shape index (κ2) is 5.54. The maximum Gasteiger partial charge on any atom is 0.251 e. The number of rotatable bonds is 4. The molecule has 1 saturated carbocycles. The van der Waals surface area contributed by atoms with Crippen molar-refractivity contribution in [3.63, 3.8) is 0 Å². The fraction of sp³-hybridized carbons (Fsp3) is 0.263. The van der Waals surface area contributed by atoms with E-state index in [1.54, 1.807) is 0 Å². The van der Waals surface area contributed by atoms with Crippen molar-refractivity contribution in [2.24, 2.45) is 5.92 Å². The molecular formula is C19H19N3O. The van der Waals surface area contributed by atoms with Crippen molar-refractivity contribution < 1.29 is 4.79 Å². The number of hydrogen-bond donors (Lipinski definition) is 1. The minimum atomic E-state index is 0.00894. The van der Waals surface area contributed by atoms with Crippen LogP contribution in [0.25, 0.3) is 5.52 Å². The highest BCUT2D eigenvalue weighted by molar-refractivity contribution is 5.94. The number of hydrogen-bond acceptors (Lipinski definition) is 2. The van der Waals surface area contributed by atoms with Crippen LogP contribution in [0.15, 0.2) is 54.7 Å². The molecule has 1 amide bonds. The molecule has 2 aromatic heterocycles. The molecule has 4 rings (SSSR count). The molecule has 0 aliphatic heterocycles. The Morgan fingerprint density at radius 3 is 2.91 bits per heavy atom. The molecular weight excluding hydrogens is 286 g/mol. The monoisotopic (exact) mass is 305 g/mol. The van der Waals surface area contributed by atoms with E-state index in [0.29, 0.717) is 11.8 Å². The van der Waals surface area contributed by atoms with E-state index < -0.39 is 0 Å². The Kier molecular flexibility index (Phi) is 3.37.